The van der Waals surface area contributed by atoms with E-state index in [-0.39, 0.29) is 10.8 Å². The van der Waals surface area contributed by atoms with Crippen LogP contribution in [0.25, 0.3) is 5.52 Å². The van der Waals surface area contributed by atoms with Crippen LogP contribution in [-0.4, -0.2) is 27.9 Å². The summed E-state index contributed by atoms with van der Waals surface area (Å²) >= 11 is 5.75. The Labute approximate surface area is 134 Å². The lowest BCUT2D eigenvalue weighted by molar-refractivity contribution is 0.121. The van der Waals surface area contributed by atoms with Gasteiger partial charge in [-0.2, -0.15) is 5.10 Å². The van der Waals surface area contributed by atoms with Gasteiger partial charge in [0.2, 0.25) is 0 Å². The maximum Gasteiger partial charge on any atom is 0.513 e. The number of hydrogen-bond donors (Lipinski definition) is 1. The summed E-state index contributed by atoms with van der Waals surface area (Å²) in [4.78, 5) is 15.3. The maximum atomic E-state index is 13.2. The van der Waals surface area contributed by atoms with E-state index in [0.29, 0.717) is 17.0 Å². The molecule has 0 radical (unpaired) electrons. The fraction of sp³-hybridized carbons (Fsp3) is 0.0714. The van der Waals surface area contributed by atoms with Gasteiger partial charge in [0.1, 0.15) is 17.7 Å². The molecule has 3 rings (SSSR count). The molecule has 23 heavy (non-hydrogen) atoms. The van der Waals surface area contributed by atoms with Crippen LogP contribution < -0.4 is 10.1 Å². The predicted molar refractivity (Wildman–Crippen MR) is 80.7 cm³/mol. The van der Waals surface area contributed by atoms with Crippen molar-refractivity contribution in [2.45, 2.75) is 0 Å². The van der Waals surface area contributed by atoms with E-state index in [1.807, 2.05) is 0 Å². The smallest absolute Gasteiger partial charge is 0.437 e. The highest BCUT2D eigenvalue weighted by molar-refractivity contribution is 6.31. The van der Waals surface area contributed by atoms with Crippen LogP contribution in [-0.2, 0) is 4.74 Å². The molecule has 0 fully saturated rings. The summed E-state index contributed by atoms with van der Waals surface area (Å²) in [5.41, 5.74) is 1.10. The summed E-state index contributed by atoms with van der Waals surface area (Å²) in [5, 5.41) is 7.01. The van der Waals surface area contributed by atoms with Gasteiger partial charge < -0.3 is 14.8 Å². The summed E-state index contributed by atoms with van der Waals surface area (Å²) in [6, 6.07) is 5.76. The minimum Gasteiger partial charge on any atom is -0.437 e. The van der Waals surface area contributed by atoms with Gasteiger partial charge in [-0.05, 0) is 18.2 Å². The molecule has 1 aromatic carbocycles. The van der Waals surface area contributed by atoms with Crippen LogP contribution >= 0.6 is 11.6 Å². The molecule has 0 bridgehead atoms. The number of halogens is 2. The van der Waals surface area contributed by atoms with Crippen LogP contribution in [0, 0.1) is 5.82 Å². The molecule has 3 aromatic rings. The number of nitrogens with zero attached hydrogens (tertiary/aromatic N) is 3. The fourth-order valence-corrected chi connectivity index (χ4v) is 2.09. The average molecular weight is 337 g/mol. The van der Waals surface area contributed by atoms with Crippen LogP contribution in [0.15, 0.2) is 36.8 Å². The van der Waals surface area contributed by atoms with Crippen molar-refractivity contribution in [2.24, 2.45) is 0 Å². The van der Waals surface area contributed by atoms with Crippen molar-refractivity contribution in [1.82, 2.24) is 14.6 Å². The standard InChI is InChI=1S/C14H10ClFN4O3/c1-22-14(21)23-9-5-12-13(17-7-18-20(12)6-9)19-8-2-3-11(16)10(15)4-8/h2-7H,1H3,(H,17,18,19). The molecule has 1 N–H and O–H groups in total. The lowest BCUT2D eigenvalue weighted by Crippen LogP contribution is -2.06. The Kier molecular flexibility index (Phi) is 3.98. The van der Waals surface area contributed by atoms with Gasteiger partial charge in [-0.1, -0.05) is 11.6 Å². The lowest BCUT2D eigenvalue weighted by atomic mass is 10.3. The normalized spacial score (nSPS) is 10.6. The van der Waals surface area contributed by atoms with Gasteiger partial charge in [0.25, 0.3) is 0 Å². The van der Waals surface area contributed by atoms with Gasteiger partial charge in [0.15, 0.2) is 11.6 Å². The number of rotatable bonds is 3. The molecule has 118 valence electrons. The SMILES string of the molecule is COC(=O)Oc1cc2c(Nc3ccc(F)c(Cl)c3)ncnn2c1. The second-order valence-corrected chi connectivity index (χ2v) is 4.83. The molecule has 0 saturated carbocycles. The summed E-state index contributed by atoms with van der Waals surface area (Å²) in [5.74, 6) is 0.168. The number of anilines is 2. The molecule has 0 aliphatic carbocycles. The van der Waals surface area contributed by atoms with E-state index in [1.54, 1.807) is 6.07 Å². The second-order valence-electron chi connectivity index (χ2n) is 4.42. The van der Waals surface area contributed by atoms with E-state index in [0.717, 1.165) is 0 Å². The molecule has 7 nitrogen and oxygen atoms in total. The van der Waals surface area contributed by atoms with E-state index in [2.05, 4.69) is 20.1 Å². The molecule has 0 atom stereocenters. The first kappa shape index (κ1) is 15.0. The molecule has 0 saturated heterocycles. The Bertz CT molecular complexity index is 884. The molecule has 0 aliphatic rings. The van der Waals surface area contributed by atoms with E-state index in [4.69, 9.17) is 16.3 Å². The van der Waals surface area contributed by atoms with Crippen molar-refractivity contribution >= 4 is 34.8 Å². The van der Waals surface area contributed by atoms with E-state index >= 15 is 0 Å². The Morgan fingerprint density at radius 2 is 2.22 bits per heavy atom. The average Bonchev–Trinajstić information content (AvgIpc) is 2.94. The monoisotopic (exact) mass is 336 g/mol. The number of carbonyl (C=O) groups excluding carboxylic acids is 1. The first-order valence-corrected chi connectivity index (χ1v) is 6.76. The van der Waals surface area contributed by atoms with Gasteiger partial charge >= 0.3 is 6.16 Å². The van der Waals surface area contributed by atoms with Crippen LogP contribution in [0.4, 0.5) is 20.7 Å². The molecule has 2 aromatic heterocycles. The molecule has 9 heteroatoms. The summed E-state index contributed by atoms with van der Waals surface area (Å²) in [7, 11) is 1.21. The summed E-state index contributed by atoms with van der Waals surface area (Å²) in [6.07, 6.45) is 1.98. The zero-order valence-corrected chi connectivity index (χ0v) is 12.5. The van der Waals surface area contributed by atoms with Crippen LogP contribution in [0.3, 0.4) is 0 Å². The Balaban J connectivity index is 1.94. The first-order valence-electron chi connectivity index (χ1n) is 6.38. The first-order chi connectivity index (χ1) is 11.1. The maximum absolute atomic E-state index is 13.2. The zero-order chi connectivity index (χ0) is 16.4. The highest BCUT2D eigenvalue weighted by atomic mass is 35.5. The lowest BCUT2D eigenvalue weighted by Gasteiger charge is -2.07. The quantitative estimate of drug-likeness (QED) is 0.738. The number of methoxy groups -OCH3 is 1. The van der Waals surface area contributed by atoms with E-state index in [1.165, 1.54) is 42.3 Å². The van der Waals surface area contributed by atoms with Gasteiger partial charge in [-0.15, -0.1) is 0 Å². The minimum atomic E-state index is -0.839. The Morgan fingerprint density at radius 3 is 2.96 bits per heavy atom. The van der Waals surface area contributed by atoms with Crippen molar-refractivity contribution in [2.75, 3.05) is 12.4 Å². The summed E-state index contributed by atoms with van der Waals surface area (Å²) in [6.45, 7) is 0. The highest BCUT2D eigenvalue weighted by Crippen LogP contribution is 2.26. The number of nitrogens with one attached hydrogen (secondary N) is 1. The molecule has 0 aliphatic heterocycles. The fourth-order valence-electron chi connectivity index (χ4n) is 1.91. The number of hydrogen-bond acceptors (Lipinski definition) is 6. The molecule has 0 unspecified atom stereocenters. The predicted octanol–water partition coefficient (Wildman–Crippen LogP) is 3.41. The van der Waals surface area contributed by atoms with E-state index in [9.17, 15) is 9.18 Å². The highest BCUT2D eigenvalue weighted by Gasteiger charge is 2.11. The minimum absolute atomic E-state index is 0.00910. The van der Waals surface area contributed by atoms with Crippen molar-refractivity contribution in [3.63, 3.8) is 0 Å². The number of ether oxygens (including phenoxy) is 2. The largest absolute Gasteiger partial charge is 0.513 e. The van der Waals surface area contributed by atoms with Crippen molar-refractivity contribution in [3.05, 3.63) is 47.6 Å². The van der Waals surface area contributed by atoms with Gasteiger partial charge in [-0.3, -0.25) is 0 Å². The van der Waals surface area contributed by atoms with Gasteiger partial charge in [0.05, 0.1) is 18.3 Å². The molecular weight excluding hydrogens is 327 g/mol. The molecular formula is C14H10ClFN4O3. The number of carbonyl (C=O) groups is 1. The number of fused-ring (bicyclic) bond motifs is 1. The number of aromatic nitrogens is 3. The van der Waals surface area contributed by atoms with Gasteiger partial charge in [0, 0.05) is 11.8 Å². The summed E-state index contributed by atoms with van der Waals surface area (Å²) < 4.78 is 24.0. The zero-order valence-electron chi connectivity index (χ0n) is 11.8. The van der Waals surface area contributed by atoms with Crippen LogP contribution in [0.5, 0.6) is 5.75 Å². The molecule has 2 heterocycles. The Hall–Kier alpha value is -2.87. The third-order valence-electron chi connectivity index (χ3n) is 2.93. The molecule has 0 amide bonds. The van der Waals surface area contributed by atoms with Crippen molar-refractivity contribution in [3.8, 4) is 5.75 Å². The van der Waals surface area contributed by atoms with Crippen molar-refractivity contribution < 1.29 is 18.7 Å². The van der Waals surface area contributed by atoms with Crippen LogP contribution in [0.1, 0.15) is 0 Å². The number of benzene rings is 1. The van der Waals surface area contributed by atoms with Crippen molar-refractivity contribution in [1.29, 1.82) is 0 Å². The second kappa shape index (κ2) is 6.09. The third-order valence-corrected chi connectivity index (χ3v) is 3.22. The third kappa shape index (κ3) is 3.16. The Morgan fingerprint density at radius 1 is 1.39 bits per heavy atom. The topological polar surface area (TPSA) is 77.8 Å². The van der Waals surface area contributed by atoms with E-state index < -0.39 is 12.0 Å². The van der Waals surface area contributed by atoms with Crippen LogP contribution in [0.2, 0.25) is 5.02 Å². The molecule has 0 spiro atoms. The van der Waals surface area contributed by atoms with Gasteiger partial charge in [-0.25, -0.2) is 18.7 Å².